The first-order valence-electron chi connectivity index (χ1n) is 5.86. The second-order valence-corrected chi connectivity index (χ2v) is 5.58. The van der Waals surface area contributed by atoms with Crippen LogP contribution in [0.5, 0.6) is 0 Å². The van der Waals surface area contributed by atoms with Crippen LogP contribution in [0.2, 0.25) is 0 Å². The number of hydrogen-bond acceptors (Lipinski definition) is 3. The Kier molecular flexibility index (Phi) is 3.76. The molecule has 3 heteroatoms. The van der Waals surface area contributed by atoms with Gasteiger partial charge in [-0.1, -0.05) is 13.8 Å². The third-order valence-electron chi connectivity index (χ3n) is 3.46. The van der Waals surface area contributed by atoms with Gasteiger partial charge in [-0.25, -0.2) is 4.98 Å². The molecule has 0 aromatic carbocycles. The minimum Gasteiger partial charge on any atom is -0.308 e. The zero-order valence-electron chi connectivity index (χ0n) is 9.57. The van der Waals surface area contributed by atoms with Crippen molar-refractivity contribution in [1.29, 1.82) is 0 Å². The summed E-state index contributed by atoms with van der Waals surface area (Å²) in [4.78, 5) is 4.30. The highest BCUT2D eigenvalue weighted by Crippen LogP contribution is 2.28. The molecular weight excluding hydrogens is 204 g/mol. The predicted molar refractivity (Wildman–Crippen MR) is 64.9 cm³/mol. The van der Waals surface area contributed by atoms with Crippen LogP contribution in [0.15, 0.2) is 10.9 Å². The number of thiazole rings is 1. The van der Waals surface area contributed by atoms with Crippen molar-refractivity contribution in [2.24, 2.45) is 11.8 Å². The molecule has 0 saturated heterocycles. The summed E-state index contributed by atoms with van der Waals surface area (Å²) in [6, 6.07) is 0.697. The Hall–Kier alpha value is -0.410. The van der Waals surface area contributed by atoms with Gasteiger partial charge in [0, 0.05) is 18.0 Å². The minimum absolute atomic E-state index is 0.697. The van der Waals surface area contributed by atoms with Gasteiger partial charge < -0.3 is 5.32 Å². The van der Waals surface area contributed by atoms with Crippen LogP contribution in [0.3, 0.4) is 0 Å². The molecule has 0 radical (unpaired) electrons. The standard InChI is InChI=1S/C12H20N2S/c1-9-3-4-12(10(2)5-9)13-6-11-7-15-8-14-11/h7-10,12-13H,3-6H2,1-2H3. The van der Waals surface area contributed by atoms with E-state index in [2.05, 4.69) is 29.5 Å². The maximum atomic E-state index is 4.30. The van der Waals surface area contributed by atoms with E-state index in [0.29, 0.717) is 6.04 Å². The van der Waals surface area contributed by atoms with Crippen LogP contribution < -0.4 is 5.32 Å². The Balaban J connectivity index is 1.79. The molecule has 0 bridgehead atoms. The van der Waals surface area contributed by atoms with Crippen LogP contribution in [0, 0.1) is 11.8 Å². The lowest BCUT2D eigenvalue weighted by molar-refractivity contribution is 0.227. The molecule has 1 N–H and O–H groups in total. The van der Waals surface area contributed by atoms with Crippen molar-refractivity contribution in [1.82, 2.24) is 10.3 Å². The van der Waals surface area contributed by atoms with Crippen LogP contribution >= 0.6 is 11.3 Å². The first-order chi connectivity index (χ1) is 7.25. The van der Waals surface area contributed by atoms with E-state index < -0.39 is 0 Å². The second-order valence-electron chi connectivity index (χ2n) is 4.86. The highest BCUT2D eigenvalue weighted by atomic mass is 32.1. The largest absolute Gasteiger partial charge is 0.308 e. The monoisotopic (exact) mass is 224 g/mol. The molecule has 0 spiro atoms. The fourth-order valence-electron chi connectivity index (χ4n) is 2.53. The van der Waals surface area contributed by atoms with Gasteiger partial charge in [0.05, 0.1) is 11.2 Å². The summed E-state index contributed by atoms with van der Waals surface area (Å²) < 4.78 is 0. The second kappa shape index (κ2) is 5.08. The molecule has 1 aromatic heterocycles. The van der Waals surface area contributed by atoms with E-state index in [9.17, 15) is 0 Å². The van der Waals surface area contributed by atoms with Gasteiger partial charge in [-0.2, -0.15) is 0 Å². The highest BCUT2D eigenvalue weighted by molar-refractivity contribution is 7.07. The molecule has 1 aliphatic carbocycles. The van der Waals surface area contributed by atoms with Crippen molar-refractivity contribution >= 4 is 11.3 Å². The summed E-state index contributed by atoms with van der Waals surface area (Å²) in [5.41, 5.74) is 3.09. The average molecular weight is 224 g/mol. The van der Waals surface area contributed by atoms with Crippen LogP contribution in [0.1, 0.15) is 38.8 Å². The van der Waals surface area contributed by atoms with Gasteiger partial charge in [0.2, 0.25) is 0 Å². The van der Waals surface area contributed by atoms with Gasteiger partial charge in [0.1, 0.15) is 0 Å². The van der Waals surface area contributed by atoms with Gasteiger partial charge in [0.15, 0.2) is 0 Å². The quantitative estimate of drug-likeness (QED) is 0.853. The van der Waals surface area contributed by atoms with Crippen molar-refractivity contribution < 1.29 is 0 Å². The topological polar surface area (TPSA) is 24.9 Å². The van der Waals surface area contributed by atoms with E-state index >= 15 is 0 Å². The molecule has 2 rings (SSSR count). The Morgan fingerprint density at radius 1 is 1.47 bits per heavy atom. The molecular formula is C12H20N2S. The summed E-state index contributed by atoms with van der Waals surface area (Å²) in [5, 5.41) is 5.77. The summed E-state index contributed by atoms with van der Waals surface area (Å²) in [6.45, 7) is 5.68. The summed E-state index contributed by atoms with van der Waals surface area (Å²) in [7, 11) is 0. The molecule has 3 unspecified atom stereocenters. The SMILES string of the molecule is CC1CCC(NCc2cscn2)C(C)C1. The van der Waals surface area contributed by atoms with E-state index in [1.807, 2.05) is 5.51 Å². The molecule has 2 nitrogen and oxygen atoms in total. The molecule has 0 amide bonds. The molecule has 15 heavy (non-hydrogen) atoms. The van der Waals surface area contributed by atoms with Crippen LogP contribution in [-0.4, -0.2) is 11.0 Å². The molecule has 0 aliphatic heterocycles. The van der Waals surface area contributed by atoms with Crippen molar-refractivity contribution in [2.45, 2.75) is 45.7 Å². The number of aromatic nitrogens is 1. The Bertz CT molecular complexity index is 284. The van der Waals surface area contributed by atoms with E-state index in [1.54, 1.807) is 11.3 Å². The molecule has 1 saturated carbocycles. The number of hydrogen-bond donors (Lipinski definition) is 1. The lowest BCUT2D eigenvalue weighted by atomic mass is 9.80. The maximum absolute atomic E-state index is 4.30. The van der Waals surface area contributed by atoms with Crippen molar-refractivity contribution in [3.63, 3.8) is 0 Å². The van der Waals surface area contributed by atoms with Gasteiger partial charge in [-0.05, 0) is 31.1 Å². The maximum Gasteiger partial charge on any atom is 0.0795 e. The lowest BCUT2D eigenvalue weighted by Crippen LogP contribution is -2.38. The zero-order valence-corrected chi connectivity index (χ0v) is 10.4. The Morgan fingerprint density at radius 2 is 2.33 bits per heavy atom. The summed E-state index contributed by atoms with van der Waals surface area (Å²) in [6.07, 6.45) is 4.07. The van der Waals surface area contributed by atoms with E-state index in [1.165, 1.54) is 25.0 Å². The van der Waals surface area contributed by atoms with Gasteiger partial charge in [-0.15, -0.1) is 11.3 Å². The third-order valence-corrected chi connectivity index (χ3v) is 4.10. The van der Waals surface area contributed by atoms with Crippen LogP contribution in [-0.2, 0) is 6.54 Å². The molecule has 1 aromatic rings. The Morgan fingerprint density at radius 3 is 3.00 bits per heavy atom. The van der Waals surface area contributed by atoms with Crippen molar-refractivity contribution in [3.8, 4) is 0 Å². The van der Waals surface area contributed by atoms with E-state index in [-0.39, 0.29) is 0 Å². The minimum atomic E-state index is 0.697. The predicted octanol–water partition coefficient (Wildman–Crippen LogP) is 3.06. The third kappa shape index (κ3) is 3.02. The Labute approximate surface area is 96.1 Å². The van der Waals surface area contributed by atoms with Crippen molar-refractivity contribution in [3.05, 3.63) is 16.6 Å². The fraction of sp³-hybridized carbons (Fsp3) is 0.750. The first-order valence-corrected chi connectivity index (χ1v) is 6.80. The number of rotatable bonds is 3. The van der Waals surface area contributed by atoms with Crippen molar-refractivity contribution in [2.75, 3.05) is 0 Å². The van der Waals surface area contributed by atoms with Gasteiger partial charge in [0.25, 0.3) is 0 Å². The van der Waals surface area contributed by atoms with Gasteiger partial charge >= 0.3 is 0 Å². The molecule has 1 aliphatic rings. The molecule has 1 fully saturated rings. The van der Waals surface area contributed by atoms with E-state index in [4.69, 9.17) is 0 Å². The molecule has 3 atom stereocenters. The number of nitrogens with zero attached hydrogens (tertiary/aromatic N) is 1. The highest BCUT2D eigenvalue weighted by Gasteiger charge is 2.24. The van der Waals surface area contributed by atoms with Gasteiger partial charge in [-0.3, -0.25) is 0 Å². The lowest BCUT2D eigenvalue weighted by Gasteiger charge is -2.33. The first kappa shape index (κ1) is 11.1. The normalized spacial score (nSPS) is 31.7. The average Bonchev–Trinajstić information content (AvgIpc) is 2.69. The fourth-order valence-corrected chi connectivity index (χ4v) is 3.09. The smallest absolute Gasteiger partial charge is 0.0795 e. The van der Waals surface area contributed by atoms with E-state index in [0.717, 1.165) is 18.4 Å². The number of nitrogens with one attached hydrogen (secondary N) is 1. The molecule has 84 valence electrons. The summed E-state index contributed by atoms with van der Waals surface area (Å²) in [5.74, 6) is 1.73. The van der Waals surface area contributed by atoms with Crippen LogP contribution in [0.25, 0.3) is 0 Å². The molecule has 1 heterocycles. The zero-order chi connectivity index (χ0) is 10.7. The summed E-state index contributed by atoms with van der Waals surface area (Å²) >= 11 is 1.68. The van der Waals surface area contributed by atoms with Crippen LogP contribution in [0.4, 0.5) is 0 Å².